The Kier molecular flexibility index (Phi) is 6.08. The molecule has 0 amide bonds. The predicted molar refractivity (Wildman–Crippen MR) is 76.6 cm³/mol. The summed E-state index contributed by atoms with van der Waals surface area (Å²) in [6.45, 7) is 9.64. The monoisotopic (exact) mass is 276 g/mol. The standard InChI is InChI=1S/C13H28N2O2S/c1-5-12-9-14-13(11(2)3)10-15(12)7-6-8-18(4,16)17/h11-14H,5-10H2,1-4H3. The van der Waals surface area contributed by atoms with E-state index in [-0.39, 0.29) is 0 Å². The van der Waals surface area contributed by atoms with Crippen LogP contribution in [0.5, 0.6) is 0 Å². The lowest BCUT2D eigenvalue weighted by Gasteiger charge is -2.41. The molecule has 2 atom stereocenters. The van der Waals surface area contributed by atoms with Gasteiger partial charge in [0.25, 0.3) is 0 Å². The van der Waals surface area contributed by atoms with Gasteiger partial charge >= 0.3 is 0 Å². The van der Waals surface area contributed by atoms with Gasteiger partial charge in [0, 0.05) is 31.4 Å². The van der Waals surface area contributed by atoms with E-state index < -0.39 is 9.84 Å². The van der Waals surface area contributed by atoms with Gasteiger partial charge in [0.1, 0.15) is 9.84 Å². The van der Waals surface area contributed by atoms with Crippen molar-refractivity contribution in [3.63, 3.8) is 0 Å². The van der Waals surface area contributed by atoms with Gasteiger partial charge in [0.2, 0.25) is 0 Å². The van der Waals surface area contributed by atoms with Crippen LogP contribution in [0.25, 0.3) is 0 Å². The molecule has 1 aliphatic heterocycles. The molecule has 1 aliphatic rings. The van der Waals surface area contributed by atoms with Crippen molar-refractivity contribution in [1.29, 1.82) is 0 Å². The molecule has 108 valence electrons. The molecular weight excluding hydrogens is 248 g/mol. The zero-order valence-corrected chi connectivity index (χ0v) is 13.0. The third-order valence-corrected chi connectivity index (χ3v) is 4.83. The fraction of sp³-hybridized carbons (Fsp3) is 1.00. The number of sulfone groups is 1. The fourth-order valence-corrected chi connectivity index (χ4v) is 3.19. The molecule has 0 bridgehead atoms. The van der Waals surface area contributed by atoms with Crippen molar-refractivity contribution < 1.29 is 8.42 Å². The number of piperazine rings is 1. The summed E-state index contributed by atoms with van der Waals surface area (Å²) >= 11 is 0. The summed E-state index contributed by atoms with van der Waals surface area (Å²) in [4.78, 5) is 2.46. The Bertz CT molecular complexity index is 341. The number of nitrogens with one attached hydrogen (secondary N) is 1. The van der Waals surface area contributed by atoms with Crippen LogP contribution in [0.2, 0.25) is 0 Å². The molecule has 5 heteroatoms. The van der Waals surface area contributed by atoms with Gasteiger partial charge in [-0.15, -0.1) is 0 Å². The largest absolute Gasteiger partial charge is 0.311 e. The first-order valence-corrected chi connectivity index (χ1v) is 9.04. The molecular formula is C13H28N2O2S. The van der Waals surface area contributed by atoms with Crippen LogP contribution in [0.4, 0.5) is 0 Å². The lowest BCUT2D eigenvalue weighted by molar-refractivity contribution is 0.111. The summed E-state index contributed by atoms with van der Waals surface area (Å²) in [5, 5.41) is 3.60. The molecule has 1 N–H and O–H groups in total. The van der Waals surface area contributed by atoms with E-state index >= 15 is 0 Å². The molecule has 0 aliphatic carbocycles. The Morgan fingerprint density at radius 1 is 1.39 bits per heavy atom. The predicted octanol–water partition coefficient (Wildman–Crippen LogP) is 1.13. The number of hydrogen-bond acceptors (Lipinski definition) is 4. The van der Waals surface area contributed by atoms with Crippen molar-refractivity contribution in [3.8, 4) is 0 Å². The van der Waals surface area contributed by atoms with Crippen molar-refractivity contribution in [2.45, 2.75) is 45.7 Å². The second kappa shape index (κ2) is 6.87. The second-order valence-corrected chi connectivity index (χ2v) is 8.06. The minimum absolute atomic E-state index is 0.305. The van der Waals surface area contributed by atoms with E-state index in [1.807, 2.05) is 0 Å². The normalized spacial score (nSPS) is 26.7. The van der Waals surface area contributed by atoms with E-state index in [0.717, 1.165) is 32.5 Å². The average molecular weight is 276 g/mol. The van der Waals surface area contributed by atoms with Gasteiger partial charge in [-0.2, -0.15) is 0 Å². The van der Waals surface area contributed by atoms with Crippen LogP contribution in [0.3, 0.4) is 0 Å². The van der Waals surface area contributed by atoms with Crippen LogP contribution in [0.1, 0.15) is 33.6 Å². The van der Waals surface area contributed by atoms with E-state index in [4.69, 9.17) is 0 Å². The van der Waals surface area contributed by atoms with Gasteiger partial charge in [-0.3, -0.25) is 4.90 Å². The summed E-state index contributed by atoms with van der Waals surface area (Å²) in [5.41, 5.74) is 0. The highest BCUT2D eigenvalue weighted by Gasteiger charge is 2.27. The van der Waals surface area contributed by atoms with Crippen molar-refractivity contribution in [1.82, 2.24) is 10.2 Å². The van der Waals surface area contributed by atoms with E-state index in [1.54, 1.807) is 0 Å². The highest BCUT2D eigenvalue weighted by atomic mass is 32.2. The van der Waals surface area contributed by atoms with E-state index in [2.05, 4.69) is 31.0 Å². The van der Waals surface area contributed by atoms with E-state index in [9.17, 15) is 8.42 Å². The molecule has 1 heterocycles. The highest BCUT2D eigenvalue weighted by molar-refractivity contribution is 7.90. The maximum absolute atomic E-state index is 11.2. The first-order chi connectivity index (χ1) is 8.33. The molecule has 18 heavy (non-hydrogen) atoms. The lowest BCUT2D eigenvalue weighted by Crippen LogP contribution is -2.58. The first kappa shape index (κ1) is 15.9. The first-order valence-electron chi connectivity index (χ1n) is 6.98. The Morgan fingerprint density at radius 3 is 2.56 bits per heavy atom. The maximum atomic E-state index is 11.2. The van der Waals surface area contributed by atoms with Crippen LogP contribution in [0, 0.1) is 5.92 Å². The molecule has 0 saturated carbocycles. The van der Waals surface area contributed by atoms with Gasteiger partial charge < -0.3 is 5.32 Å². The summed E-state index contributed by atoms with van der Waals surface area (Å²) in [6.07, 6.45) is 3.19. The second-order valence-electron chi connectivity index (χ2n) is 5.80. The lowest BCUT2D eigenvalue weighted by atomic mass is 9.98. The maximum Gasteiger partial charge on any atom is 0.147 e. The van der Waals surface area contributed by atoms with Gasteiger partial charge in [0.15, 0.2) is 0 Å². The van der Waals surface area contributed by atoms with Crippen LogP contribution < -0.4 is 5.32 Å². The highest BCUT2D eigenvalue weighted by Crippen LogP contribution is 2.15. The smallest absolute Gasteiger partial charge is 0.147 e. The molecule has 1 saturated heterocycles. The summed E-state index contributed by atoms with van der Waals surface area (Å²) < 4.78 is 22.3. The van der Waals surface area contributed by atoms with Gasteiger partial charge in [-0.25, -0.2) is 8.42 Å². The molecule has 2 unspecified atom stereocenters. The van der Waals surface area contributed by atoms with Gasteiger partial charge in [-0.05, 0) is 25.3 Å². The molecule has 4 nitrogen and oxygen atoms in total. The molecule has 0 aromatic carbocycles. The minimum atomic E-state index is -2.82. The third kappa shape index (κ3) is 5.24. The van der Waals surface area contributed by atoms with Crippen LogP contribution in [0.15, 0.2) is 0 Å². The Labute approximate surface area is 112 Å². The Hall–Kier alpha value is -0.130. The molecule has 1 rings (SSSR count). The van der Waals surface area contributed by atoms with E-state index in [1.165, 1.54) is 6.26 Å². The summed E-state index contributed by atoms with van der Waals surface area (Å²) in [5.74, 6) is 0.930. The summed E-state index contributed by atoms with van der Waals surface area (Å²) in [6, 6.07) is 1.09. The fourth-order valence-electron chi connectivity index (χ4n) is 2.54. The molecule has 0 aromatic rings. The Morgan fingerprint density at radius 2 is 2.06 bits per heavy atom. The number of rotatable bonds is 6. The molecule has 1 fully saturated rings. The zero-order valence-electron chi connectivity index (χ0n) is 12.1. The van der Waals surface area contributed by atoms with Crippen LogP contribution in [-0.4, -0.2) is 57.0 Å². The van der Waals surface area contributed by atoms with Crippen molar-refractivity contribution in [3.05, 3.63) is 0 Å². The SMILES string of the molecule is CCC1CNC(C(C)C)CN1CCCS(C)(=O)=O. The quantitative estimate of drug-likeness (QED) is 0.790. The molecule has 0 radical (unpaired) electrons. The minimum Gasteiger partial charge on any atom is -0.311 e. The molecule has 0 aromatic heterocycles. The van der Waals surface area contributed by atoms with Gasteiger partial charge in [-0.1, -0.05) is 20.8 Å². The van der Waals surface area contributed by atoms with Gasteiger partial charge in [0.05, 0.1) is 5.75 Å². The zero-order chi connectivity index (χ0) is 13.8. The summed E-state index contributed by atoms with van der Waals surface area (Å²) in [7, 11) is -2.82. The van der Waals surface area contributed by atoms with Crippen molar-refractivity contribution >= 4 is 9.84 Å². The third-order valence-electron chi connectivity index (χ3n) is 3.80. The topological polar surface area (TPSA) is 49.4 Å². The van der Waals surface area contributed by atoms with Crippen molar-refractivity contribution in [2.24, 2.45) is 5.92 Å². The van der Waals surface area contributed by atoms with E-state index in [0.29, 0.717) is 23.8 Å². The number of hydrogen-bond donors (Lipinski definition) is 1. The molecule has 0 spiro atoms. The van der Waals surface area contributed by atoms with Crippen LogP contribution >= 0.6 is 0 Å². The average Bonchev–Trinajstić information content (AvgIpc) is 2.27. The van der Waals surface area contributed by atoms with Crippen LogP contribution in [-0.2, 0) is 9.84 Å². The Balaban J connectivity index is 2.47. The number of nitrogens with zero attached hydrogens (tertiary/aromatic N) is 1. The van der Waals surface area contributed by atoms with Crippen molar-refractivity contribution in [2.75, 3.05) is 31.6 Å².